The van der Waals surface area contributed by atoms with Crippen LogP contribution in [0.1, 0.15) is 30.9 Å². The second-order valence-electron chi connectivity index (χ2n) is 7.21. The van der Waals surface area contributed by atoms with Crippen LogP contribution in [0.5, 0.6) is 5.75 Å². The average Bonchev–Trinajstić information content (AvgIpc) is 3.50. The van der Waals surface area contributed by atoms with Crippen molar-refractivity contribution in [2.24, 2.45) is 10.7 Å². The van der Waals surface area contributed by atoms with Crippen LogP contribution in [0.15, 0.2) is 53.5 Å². The molecule has 4 N–H and O–H groups in total. The molecule has 1 amide bonds. The predicted octanol–water partition coefficient (Wildman–Crippen LogP) is 2.48. The number of rotatable bonds is 9. The number of carbonyl (C=O) groups excluding carboxylic acids is 1. The average molecular weight is 398 g/mol. The molecule has 1 aliphatic carbocycles. The highest BCUT2D eigenvalue weighted by atomic mass is 19.1. The lowest BCUT2D eigenvalue weighted by Gasteiger charge is -2.19. The van der Waals surface area contributed by atoms with E-state index in [0.717, 1.165) is 30.5 Å². The van der Waals surface area contributed by atoms with Crippen LogP contribution in [-0.4, -0.2) is 31.6 Å². The van der Waals surface area contributed by atoms with Crippen molar-refractivity contribution in [3.05, 3.63) is 65.5 Å². The van der Waals surface area contributed by atoms with Crippen LogP contribution in [0.4, 0.5) is 4.39 Å². The Morgan fingerprint density at radius 1 is 1.21 bits per heavy atom. The first kappa shape index (κ1) is 20.6. The largest absolute Gasteiger partial charge is 0.484 e. The van der Waals surface area contributed by atoms with Crippen LogP contribution in [0.3, 0.4) is 0 Å². The zero-order chi connectivity index (χ0) is 20.7. The first-order valence-electron chi connectivity index (χ1n) is 9.80. The maximum Gasteiger partial charge on any atom is 0.255 e. The molecule has 0 heterocycles. The van der Waals surface area contributed by atoms with Gasteiger partial charge in [-0.15, -0.1) is 0 Å². The first-order chi connectivity index (χ1) is 14.0. The van der Waals surface area contributed by atoms with Crippen LogP contribution >= 0.6 is 0 Å². The molecule has 6 nitrogen and oxygen atoms in total. The van der Waals surface area contributed by atoms with E-state index in [1.807, 2.05) is 37.3 Å². The maximum absolute atomic E-state index is 14.2. The van der Waals surface area contributed by atoms with E-state index in [2.05, 4.69) is 15.6 Å². The lowest BCUT2D eigenvalue weighted by Crippen LogP contribution is -2.41. The van der Waals surface area contributed by atoms with Gasteiger partial charge in [-0.2, -0.15) is 0 Å². The summed E-state index contributed by atoms with van der Waals surface area (Å²) in [6, 6.07) is 14.4. The van der Waals surface area contributed by atoms with Gasteiger partial charge in [0.25, 0.3) is 5.91 Å². The van der Waals surface area contributed by atoms with Gasteiger partial charge in [-0.25, -0.2) is 9.38 Å². The molecule has 3 rings (SSSR count). The van der Waals surface area contributed by atoms with E-state index >= 15 is 0 Å². The third-order valence-corrected chi connectivity index (χ3v) is 4.94. The molecule has 0 unspecified atom stereocenters. The van der Waals surface area contributed by atoms with Crippen LogP contribution < -0.4 is 21.1 Å². The zero-order valence-corrected chi connectivity index (χ0v) is 16.6. The number of nitrogens with two attached hydrogens (primary N) is 1. The SMILES string of the molecule is CCNC(=NCc1cccc(OCC(N)=O)c1)NCC1(c2ccccc2F)CC1. The van der Waals surface area contributed by atoms with Crippen molar-refractivity contribution in [1.29, 1.82) is 0 Å². The summed E-state index contributed by atoms with van der Waals surface area (Å²) < 4.78 is 19.5. The summed E-state index contributed by atoms with van der Waals surface area (Å²) in [5.74, 6) is 0.585. The molecule has 0 atom stereocenters. The van der Waals surface area contributed by atoms with Crippen LogP contribution in [0.2, 0.25) is 0 Å². The van der Waals surface area contributed by atoms with Gasteiger partial charge in [0.1, 0.15) is 11.6 Å². The van der Waals surface area contributed by atoms with Gasteiger partial charge < -0.3 is 21.1 Å². The summed E-state index contributed by atoms with van der Waals surface area (Å²) in [6.45, 7) is 3.63. The van der Waals surface area contributed by atoms with E-state index in [1.165, 1.54) is 6.07 Å². The van der Waals surface area contributed by atoms with Gasteiger partial charge in [-0.3, -0.25) is 4.79 Å². The fourth-order valence-electron chi connectivity index (χ4n) is 3.24. The summed E-state index contributed by atoms with van der Waals surface area (Å²) in [4.78, 5) is 15.5. The van der Waals surface area contributed by atoms with Gasteiger partial charge in [0.2, 0.25) is 0 Å². The fraction of sp³-hybridized carbons (Fsp3) is 0.364. The number of halogens is 1. The number of carbonyl (C=O) groups is 1. The van der Waals surface area contributed by atoms with Gasteiger partial charge >= 0.3 is 0 Å². The number of nitrogens with one attached hydrogen (secondary N) is 2. The third kappa shape index (κ3) is 5.70. The van der Waals surface area contributed by atoms with Crippen LogP contribution in [0.25, 0.3) is 0 Å². The quantitative estimate of drug-likeness (QED) is 0.447. The number of ether oxygens (including phenoxy) is 1. The topological polar surface area (TPSA) is 88.7 Å². The fourth-order valence-corrected chi connectivity index (χ4v) is 3.24. The zero-order valence-electron chi connectivity index (χ0n) is 16.6. The molecule has 2 aromatic rings. The van der Waals surface area contributed by atoms with Gasteiger partial charge in [-0.05, 0) is 49.1 Å². The highest BCUT2D eigenvalue weighted by Crippen LogP contribution is 2.48. The Labute approximate surface area is 170 Å². The number of amides is 1. The van der Waals surface area contributed by atoms with E-state index in [9.17, 15) is 9.18 Å². The number of guanidine groups is 1. The Balaban J connectivity index is 1.63. The summed E-state index contributed by atoms with van der Waals surface area (Å²) in [7, 11) is 0. The minimum absolute atomic E-state index is 0.151. The van der Waals surface area contributed by atoms with Crippen molar-refractivity contribution < 1.29 is 13.9 Å². The van der Waals surface area contributed by atoms with E-state index in [4.69, 9.17) is 10.5 Å². The highest BCUT2D eigenvalue weighted by Gasteiger charge is 2.45. The molecule has 0 aliphatic heterocycles. The van der Waals surface area contributed by atoms with E-state index in [-0.39, 0.29) is 17.8 Å². The Morgan fingerprint density at radius 2 is 2.00 bits per heavy atom. The van der Waals surface area contributed by atoms with Crippen molar-refractivity contribution in [3.63, 3.8) is 0 Å². The standard InChI is InChI=1S/C22H27FN4O2/c1-2-25-21(26-13-16-6-5-7-17(12-16)29-14-20(24)28)27-15-22(10-11-22)18-8-3-4-9-19(18)23/h3-9,12H,2,10-11,13-15H2,1H3,(H2,24,28)(H2,25,26,27). The molecule has 0 saturated heterocycles. The Morgan fingerprint density at radius 3 is 2.69 bits per heavy atom. The van der Waals surface area contributed by atoms with Gasteiger partial charge in [0.15, 0.2) is 12.6 Å². The second kappa shape index (κ2) is 9.41. The molecular weight excluding hydrogens is 371 g/mol. The molecule has 154 valence electrons. The number of benzene rings is 2. The van der Waals surface area contributed by atoms with Gasteiger partial charge in [-0.1, -0.05) is 30.3 Å². The van der Waals surface area contributed by atoms with Crippen LogP contribution in [-0.2, 0) is 16.8 Å². The monoisotopic (exact) mass is 398 g/mol. The molecule has 0 spiro atoms. The van der Waals surface area contributed by atoms with Crippen molar-refractivity contribution in [1.82, 2.24) is 10.6 Å². The Hall–Kier alpha value is -3.09. The van der Waals surface area contributed by atoms with E-state index in [0.29, 0.717) is 24.8 Å². The van der Waals surface area contributed by atoms with Crippen molar-refractivity contribution in [3.8, 4) is 5.75 Å². The highest BCUT2D eigenvalue weighted by molar-refractivity contribution is 5.80. The molecule has 7 heteroatoms. The first-order valence-corrected chi connectivity index (χ1v) is 9.80. The lowest BCUT2D eigenvalue weighted by atomic mass is 9.95. The molecule has 2 aromatic carbocycles. The molecule has 1 fully saturated rings. The predicted molar refractivity (Wildman–Crippen MR) is 111 cm³/mol. The minimum atomic E-state index is -0.518. The van der Waals surface area contributed by atoms with Crippen molar-refractivity contribution in [2.45, 2.75) is 31.7 Å². The number of nitrogens with zero attached hydrogens (tertiary/aromatic N) is 1. The number of primary amides is 1. The van der Waals surface area contributed by atoms with E-state index in [1.54, 1.807) is 12.1 Å². The minimum Gasteiger partial charge on any atom is -0.484 e. The van der Waals surface area contributed by atoms with E-state index < -0.39 is 5.91 Å². The Kier molecular flexibility index (Phi) is 6.69. The van der Waals surface area contributed by atoms with Gasteiger partial charge in [0.05, 0.1) is 6.54 Å². The summed E-state index contributed by atoms with van der Waals surface area (Å²) in [5, 5.41) is 6.58. The molecule has 0 radical (unpaired) electrons. The van der Waals surface area contributed by atoms with Crippen molar-refractivity contribution >= 4 is 11.9 Å². The van der Waals surface area contributed by atoms with Gasteiger partial charge in [0, 0.05) is 18.5 Å². The summed E-state index contributed by atoms with van der Waals surface area (Å²) in [6.07, 6.45) is 1.92. The number of hydrogen-bond donors (Lipinski definition) is 3. The normalized spacial score (nSPS) is 14.9. The maximum atomic E-state index is 14.2. The second-order valence-corrected chi connectivity index (χ2v) is 7.21. The summed E-state index contributed by atoms with van der Waals surface area (Å²) in [5.41, 5.74) is 6.66. The number of aliphatic imine (C=N–C) groups is 1. The molecule has 0 aromatic heterocycles. The molecule has 0 bridgehead atoms. The lowest BCUT2D eigenvalue weighted by molar-refractivity contribution is -0.119. The third-order valence-electron chi connectivity index (χ3n) is 4.94. The smallest absolute Gasteiger partial charge is 0.255 e. The molecule has 29 heavy (non-hydrogen) atoms. The number of hydrogen-bond acceptors (Lipinski definition) is 3. The summed E-state index contributed by atoms with van der Waals surface area (Å²) >= 11 is 0. The Bertz CT molecular complexity index is 881. The molecule has 1 aliphatic rings. The van der Waals surface area contributed by atoms with Crippen LogP contribution in [0, 0.1) is 5.82 Å². The molecular formula is C22H27FN4O2. The molecule has 1 saturated carbocycles. The van der Waals surface area contributed by atoms with Crippen molar-refractivity contribution in [2.75, 3.05) is 19.7 Å².